The number of ether oxygens (including phenoxy) is 1. The minimum Gasteiger partial charge on any atom is -0.376 e. The molecule has 0 radical (unpaired) electrons. The summed E-state index contributed by atoms with van der Waals surface area (Å²) in [5.74, 6) is 0.188. The zero-order valence-electron chi connectivity index (χ0n) is 15.3. The number of amides is 1. The number of nitrogens with one attached hydrogen (secondary N) is 1. The van der Waals surface area contributed by atoms with E-state index in [0.717, 1.165) is 30.4 Å². The number of H-pyrrole nitrogens is 1. The highest BCUT2D eigenvalue weighted by Gasteiger charge is 2.26. The number of likely N-dealkylation sites (tertiary alicyclic amines) is 1. The van der Waals surface area contributed by atoms with Gasteiger partial charge in [-0.2, -0.15) is 0 Å². The molecule has 0 bridgehead atoms. The molecule has 0 unspecified atom stereocenters. The topological polar surface area (TPSA) is 75.3 Å². The fourth-order valence-corrected chi connectivity index (χ4v) is 3.12. The largest absolute Gasteiger partial charge is 0.376 e. The van der Waals surface area contributed by atoms with Crippen LogP contribution in [0.2, 0.25) is 0 Å². The van der Waals surface area contributed by atoms with E-state index in [1.807, 2.05) is 31.2 Å². The predicted molar refractivity (Wildman–Crippen MR) is 100 cm³/mol. The molecule has 138 valence electrons. The second kappa shape index (κ2) is 8.27. The zero-order chi connectivity index (χ0) is 18.5. The van der Waals surface area contributed by atoms with Gasteiger partial charge in [0.05, 0.1) is 6.10 Å². The lowest BCUT2D eigenvalue weighted by Gasteiger charge is -2.32. The second-order valence-corrected chi connectivity index (χ2v) is 6.73. The van der Waals surface area contributed by atoms with Crippen molar-refractivity contribution >= 4 is 5.91 Å². The lowest BCUT2D eigenvalue weighted by atomic mass is 10.1. The van der Waals surface area contributed by atoms with Crippen LogP contribution in [0.5, 0.6) is 0 Å². The molecule has 6 nitrogen and oxygen atoms in total. The van der Waals surface area contributed by atoms with E-state index in [0.29, 0.717) is 25.5 Å². The van der Waals surface area contributed by atoms with Crippen LogP contribution in [0.25, 0.3) is 11.4 Å². The van der Waals surface area contributed by atoms with Crippen LogP contribution in [0.3, 0.4) is 0 Å². The lowest BCUT2D eigenvalue weighted by molar-refractivity contribution is 0.00204. The summed E-state index contributed by atoms with van der Waals surface area (Å²) < 4.78 is 5.77. The highest BCUT2D eigenvalue weighted by Crippen LogP contribution is 2.17. The summed E-state index contributed by atoms with van der Waals surface area (Å²) in [6.45, 7) is 5.92. The van der Waals surface area contributed by atoms with Crippen LogP contribution < -0.4 is 5.56 Å². The normalized spacial score (nSPS) is 17.3. The molecule has 1 aliphatic heterocycles. The maximum absolute atomic E-state index is 12.7. The summed E-state index contributed by atoms with van der Waals surface area (Å²) in [4.78, 5) is 33.9. The van der Waals surface area contributed by atoms with Gasteiger partial charge < -0.3 is 14.6 Å². The Labute approximate surface area is 153 Å². The van der Waals surface area contributed by atoms with Crippen LogP contribution in [-0.4, -0.2) is 46.6 Å². The highest BCUT2D eigenvalue weighted by atomic mass is 16.5. The standard InChI is InChI=1S/C20H25N3O3/c1-3-11-26-16-5-4-10-23(13-16)20(25)17-12-21-18(22-19(17)24)15-8-6-14(2)7-9-15/h6-9,12,16H,3-5,10-11,13H2,1-2H3,(H,21,22,24)/t16-/m0/s1. The molecule has 1 aliphatic rings. The molecule has 1 saturated heterocycles. The second-order valence-electron chi connectivity index (χ2n) is 6.73. The molecule has 0 spiro atoms. The molecular weight excluding hydrogens is 330 g/mol. The zero-order valence-corrected chi connectivity index (χ0v) is 15.3. The van der Waals surface area contributed by atoms with Crippen LogP contribution in [0.4, 0.5) is 0 Å². The van der Waals surface area contributed by atoms with E-state index in [1.54, 1.807) is 4.90 Å². The maximum atomic E-state index is 12.7. The van der Waals surface area contributed by atoms with E-state index >= 15 is 0 Å². The van der Waals surface area contributed by atoms with Crippen LogP contribution >= 0.6 is 0 Å². The first-order chi connectivity index (χ1) is 12.6. The molecule has 1 atom stereocenters. The lowest BCUT2D eigenvalue weighted by Crippen LogP contribution is -2.44. The minimum absolute atomic E-state index is 0.0477. The molecule has 0 saturated carbocycles. The summed E-state index contributed by atoms with van der Waals surface area (Å²) in [7, 11) is 0. The number of hydrogen-bond donors (Lipinski definition) is 1. The van der Waals surface area contributed by atoms with E-state index in [2.05, 4.69) is 16.9 Å². The Kier molecular flexibility index (Phi) is 5.83. The van der Waals surface area contributed by atoms with Crippen molar-refractivity contribution in [1.82, 2.24) is 14.9 Å². The highest BCUT2D eigenvalue weighted by molar-refractivity contribution is 5.93. The fraction of sp³-hybridized carbons (Fsp3) is 0.450. The van der Waals surface area contributed by atoms with E-state index in [1.165, 1.54) is 6.20 Å². The predicted octanol–water partition coefficient (Wildman–Crippen LogP) is 2.78. The van der Waals surface area contributed by atoms with E-state index in [4.69, 9.17) is 4.74 Å². The van der Waals surface area contributed by atoms with Gasteiger partial charge in [0.1, 0.15) is 11.4 Å². The van der Waals surface area contributed by atoms with Crippen LogP contribution in [0.15, 0.2) is 35.3 Å². The first-order valence-corrected chi connectivity index (χ1v) is 9.15. The Bertz CT molecular complexity index is 814. The van der Waals surface area contributed by atoms with Gasteiger partial charge in [-0.15, -0.1) is 0 Å². The van der Waals surface area contributed by atoms with Crippen molar-refractivity contribution in [2.45, 2.75) is 39.2 Å². The number of rotatable bonds is 5. The molecule has 3 rings (SSSR count). The van der Waals surface area contributed by atoms with Crippen LogP contribution in [-0.2, 0) is 4.74 Å². The smallest absolute Gasteiger partial charge is 0.264 e. The Hall–Kier alpha value is -2.47. The van der Waals surface area contributed by atoms with Gasteiger partial charge in [-0.05, 0) is 26.2 Å². The Morgan fingerprint density at radius 1 is 1.35 bits per heavy atom. The summed E-state index contributed by atoms with van der Waals surface area (Å²) in [5.41, 5.74) is 1.62. The van der Waals surface area contributed by atoms with Crippen molar-refractivity contribution in [2.24, 2.45) is 0 Å². The van der Waals surface area contributed by atoms with Crippen molar-refractivity contribution in [3.8, 4) is 11.4 Å². The third-order valence-corrected chi connectivity index (χ3v) is 4.58. The Morgan fingerprint density at radius 3 is 2.81 bits per heavy atom. The van der Waals surface area contributed by atoms with Crippen molar-refractivity contribution in [3.05, 3.63) is 51.9 Å². The summed E-state index contributed by atoms with van der Waals surface area (Å²) in [6, 6.07) is 7.71. The Morgan fingerprint density at radius 2 is 2.12 bits per heavy atom. The molecule has 1 N–H and O–H groups in total. The molecule has 2 aromatic rings. The summed E-state index contributed by atoms with van der Waals surface area (Å²) in [6.07, 6.45) is 4.21. The van der Waals surface area contributed by atoms with Crippen molar-refractivity contribution < 1.29 is 9.53 Å². The molecular formula is C20H25N3O3. The third kappa shape index (κ3) is 4.19. The van der Waals surface area contributed by atoms with Gasteiger partial charge in [-0.3, -0.25) is 9.59 Å². The number of carbonyl (C=O) groups excluding carboxylic acids is 1. The van der Waals surface area contributed by atoms with E-state index in [-0.39, 0.29) is 17.6 Å². The summed E-state index contributed by atoms with van der Waals surface area (Å²) in [5, 5.41) is 0. The number of carbonyl (C=O) groups is 1. The van der Waals surface area contributed by atoms with Gasteiger partial charge in [0.25, 0.3) is 11.5 Å². The van der Waals surface area contributed by atoms with E-state index in [9.17, 15) is 9.59 Å². The average Bonchev–Trinajstić information content (AvgIpc) is 2.66. The number of hydrogen-bond acceptors (Lipinski definition) is 4. The van der Waals surface area contributed by atoms with Crippen LogP contribution in [0, 0.1) is 6.92 Å². The maximum Gasteiger partial charge on any atom is 0.264 e. The minimum atomic E-state index is -0.405. The molecule has 1 amide bonds. The monoisotopic (exact) mass is 355 g/mol. The quantitative estimate of drug-likeness (QED) is 0.895. The first kappa shape index (κ1) is 18.3. The van der Waals surface area contributed by atoms with Crippen molar-refractivity contribution in [3.63, 3.8) is 0 Å². The van der Waals surface area contributed by atoms with Gasteiger partial charge in [0, 0.05) is 31.5 Å². The number of nitrogens with zero attached hydrogens (tertiary/aromatic N) is 2. The molecule has 26 heavy (non-hydrogen) atoms. The van der Waals surface area contributed by atoms with E-state index < -0.39 is 5.56 Å². The molecule has 1 aromatic heterocycles. The molecule has 1 aromatic carbocycles. The van der Waals surface area contributed by atoms with Gasteiger partial charge >= 0.3 is 0 Å². The third-order valence-electron chi connectivity index (χ3n) is 4.58. The van der Waals surface area contributed by atoms with Gasteiger partial charge in [0.2, 0.25) is 0 Å². The molecule has 6 heteroatoms. The molecule has 2 heterocycles. The summed E-state index contributed by atoms with van der Waals surface area (Å²) >= 11 is 0. The number of benzene rings is 1. The number of aromatic nitrogens is 2. The number of aromatic amines is 1. The average molecular weight is 355 g/mol. The van der Waals surface area contributed by atoms with Crippen molar-refractivity contribution in [1.29, 1.82) is 0 Å². The molecule has 0 aliphatic carbocycles. The van der Waals surface area contributed by atoms with Crippen LogP contribution in [0.1, 0.15) is 42.1 Å². The molecule has 1 fully saturated rings. The first-order valence-electron chi connectivity index (χ1n) is 9.15. The van der Waals surface area contributed by atoms with Gasteiger partial charge in [-0.25, -0.2) is 4.98 Å². The number of aryl methyl sites for hydroxylation is 1. The number of piperidine rings is 1. The van der Waals surface area contributed by atoms with Gasteiger partial charge in [0.15, 0.2) is 0 Å². The Balaban J connectivity index is 1.75. The fourth-order valence-electron chi connectivity index (χ4n) is 3.12. The van der Waals surface area contributed by atoms with Gasteiger partial charge in [-0.1, -0.05) is 36.8 Å². The van der Waals surface area contributed by atoms with Crippen molar-refractivity contribution in [2.75, 3.05) is 19.7 Å². The SMILES string of the molecule is CCCO[C@H]1CCCN(C(=O)c2cnc(-c3ccc(C)cc3)[nH]c2=O)C1.